The minimum atomic E-state index is -0.911. The molecule has 0 fully saturated rings. The van der Waals surface area contributed by atoms with Crippen LogP contribution in [0, 0.1) is 0 Å². The van der Waals surface area contributed by atoms with E-state index in [0.29, 0.717) is 22.7 Å². The third-order valence-electron chi connectivity index (χ3n) is 6.68. The molecular weight excluding hydrogens is 568 g/mol. The first-order valence-electron chi connectivity index (χ1n) is 13.7. The van der Waals surface area contributed by atoms with Gasteiger partial charge in [-0.3, -0.25) is 14.4 Å². The van der Waals surface area contributed by atoms with Crippen molar-refractivity contribution in [2.75, 3.05) is 24.7 Å². The predicted octanol–water partition coefficient (Wildman–Crippen LogP) is 4.89. The number of fused-ring (bicyclic) bond motifs is 1. The fourth-order valence-electron chi connectivity index (χ4n) is 4.39. The molecule has 3 amide bonds. The van der Waals surface area contributed by atoms with Gasteiger partial charge in [-0.2, -0.15) is 0 Å². The number of hydrogen-bond donors (Lipinski definition) is 3. The quantitative estimate of drug-likeness (QED) is 0.113. The van der Waals surface area contributed by atoms with Crippen LogP contribution in [0.4, 0.5) is 10.5 Å². The average molecular weight is 603 g/mol. The maximum Gasteiger partial charge on any atom is 0.407 e. The topological polar surface area (TPSA) is 128 Å². The van der Waals surface area contributed by atoms with Crippen LogP contribution in [-0.2, 0) is 32.7 Å². The van der Waals surface area contributed by atoms with Crippen molar-refractivity contribution in [1.29, 1.82) is 0 Å². The van der Waals surface area contributed by atoms with Crippen LogP contribution in [0.2, 0.25) is 0 Å². The van der Waals surface area contributed by atoms with Crippen molar-refractivity contribution in [1.82, 2.24) is 15.2 Å². The van der Waals surface area contributed by atoms with Crippen molar-refractivity contribution in [3.8, 4) is 0 Å². The minimum absolute atomic E-state index is 0.0800. The highest BCUT2D eigenvalue weighted by molar-refractivity contribution is 8.00. The highest BCUT2D eigenvalue weighted by atomic mass is 32.2. The van der Waals surface area contributed by atoms with E-state index in [1.165, 1.54) is 18.9 Å². The van der Waals surface area contributed by atoms with Crippen molar-refractivity contribution in [3.05, 3.63) is 96.2 Å². The first-order chi connectivity index (χ1) is 20.9. The van der Waals surface area contributed by atoms with Gasteiger partial charge in [0.1, 0.15) is 18.3 Å². The molecule has 1 heterocycles. The van der Waals surface area contributed by atoms with Crippen LogP contribution in [0.25, 0.3) is 10.9 Å². The summed E-state index contributed by atoms with van der Waals surface area (Å²) in [5.41, 5.74) is 2.68. The molecule has 10 nitrogen and oxygen atoms in total. The fourth-order valence-corrected chi connectivity index (χ4v) is 5.23. The molecule has 11 heteroatoms. The third kappa shape index (κ3) is 8.86. The van der Waals surface area contributed by atoms with E-state index in [-0.39, 0.29) is 31.3 Å². The number of rotatable bonds is 13. The Kier molecular flexibility index (Phi) is 11.2. The second-order valence-corrected chi connectivity index (χ2v) is 10.7. The van der Waals surface area contributed by atoms with E-state index in [1.807, 2.05) is 54.6 Å². The number of nitrogens with one attached hydrogen (secondary N) is 3. The Hall–Kier alpha value is -4.77. The molecule has 1 atom stereocenters. The normalized spacial score (nSPS) is 11.4. The summed E-state index contributed by atoms with van der Waals surface area (Å²) in [5, 5.41) is 9.37. The van der Waals surface area contributed by atoms with Gasteiger partial charge in [-0.25, -0.2) is 4.79 Å². The molecule has 0 radical (unpaired) electrons. The molecule has 4 rings (SSSR count). The van der Waals surface area contributed by atoms with Gasteiger partial charge in [-0.05, 0) is 42.7 Å². The van der Waals surface area contributed by atoms with Crippen LogP contribution in [-0.4, -0.2) is 53.9 Å². The maximum atomic E-state index is 13.5. The zero-order valence-electron chi connectivity index (χ0n) is 24.0. The van der Waals surface area contributed by atoms with Crippen LogP contribution >= 0.6 is 11.8 Å². The van der Waals surface area contributed by atoms with Gasteiger partial charge in [0, 0.05) is 29.4 Å². The van der Waals surface area contributed by atoms with E-state index in [1.54, 1.807) is 41.9 Å². The monoisotopic (exact) mass is 602 g/mol. The van der Waals surface area contributed by atoms with Crippen molar-refractivity contribution in [3.63, 3.8) is 0 Å². The molecule has 0 saturated carbocycles. The standard InChI is InChI=1S/C32H34N4O6S/c1-36-26-16-8-6-13-23(26)19-27(36)31(39)35-25(15-10-18-33-32(40)42-20-22-11-4-3-5-12-22)30(38)34-24-14-7-9-17-28(24)43-21-29(37)41-2/h3-9,11-14,16-17,19,25H,10,15,18,20-21H2,1-2H3,(H,33,40)(H,34,38)(H,35,39)/t25-/m0/s1. The summed E-state index contributed by atoms with van der Waals surface area (Å²) < 4.78 is 11.8. The summed E-state index contributed by atoms with van der Waals surface area (Å²) >= 11 is 1.23. The summed E-state index contributed by atoms with van der Waals surface area (Å²) in [6.07, 6.45) is 0.0749. The molecule has 0 aliphatic heterocycles. The highest BCUT2D eigenvalue weighted by Gasteiger charge is 2.24. The number of para-hydroxylation sites is 2. The summed E-state index contributed by atoms with van der Waals surface area (Å²) in [6, 6.07) is 24.9. The summed E-state index contributed by atoms with van der Waals surface area (Å²) in [4.78, 5) is 51.4. The number of methoxy groups -OCH3 is 1. The Morgan fingerprint density at radius 1 is 0.930 bits per heavy atom. The molecule has 3 aromatic carbocycles. The van der Waals surface area contributed by atoms with E-state index >= 15 is 0 Å². The second kappa shape index (κ2) is 15.5. The van der Waals surface area contributed by atoms with Crippen molar-refractivity contribution in [2.45, 2.75) is 30.4 Å². The number of aryl methyl sites for hydroxylation is 1. The average Bonchev–Trinajstić information content (AvgIpc) is 3.37. The van der Waals surface area contributed by atoms with E-state index in [0.717, 1.165) is 16.5 Å². The molecule has 0 aliphatic carbocycles. The zero-order valence-corrected chi connectivity index (χ0v) is 24.8. The van der Waals surface area contributed by atoms with Gasteiger partial charge < -0.3 is 30.0 Å². The maximum absolute atomic E-state index is 13.5. The number of nitrogens with zero attached hydrogens (tertiary/aromatic N) is 1. The zero-order chi connectivity index (χ0) is 30.6. The molecule has 0 aliphatic rings. The molecule has 224 valence electrons. The van der Waals surface area contributed by atoms with Gasteiger partial charge >= 0.3 is 12.1 Å². The first kappa shape index (κ1) is 31.2. The number of esters is 1. The Morgan fingerprint density at radius 2 is 1.65 bits per heavy atom. The van der Waals surface area contributed by atoms with Crippen LogP contribution in [0.5, 0.6) is 0 Å². The largest absolute Gasteiger partial charge is 0.468 e. The van der Waals surface area contributed by atoms with E-state index < -0.39 is 23.9 Å². The number of anilines is 1. The van der Waals surface area contributed by atoms with Crippen LogP contribution in [0.1, 0.15) is 28.9 Å². The Balaban J connectivity index is 1.42. The van der Waals surface area contributed by atoms with Gasteiger partial charge in [0.25, 0.3) is 5.91 Å². The number of hydrogen-bond acceptors (Lipinski definition) is 7. The third-order valence-corrected chi connectivity index (χ3v) is 7.72. The number of carbonyl (C=O) groups is 4. The molecule has 0 bridgehead atoms. The van der Waals surface area contributed by atoms with E-state index in [4.69, 9.17) is 9.47 Å². The molecule has 43 heavy (non-hydrogen) atoms. The number of thioether (sulfide) groups is 1. The fraction of sp³-hybridized carbons (Fsp3) is 0.250. The minimum Gasteiger partial charge on any atom is -0.468 e. The van der Waals surface area contributed by atoms with E-state index in [2.05, 4.69) is 16.0 Å². The number of aromatic nitrogens is 1. The number of carbonyl (C=O) groups excluding carboxylic acids is 4. The molecule has 0 saturated heterocycles. The van der Waals surface area contributed by atoms with Gasteiger partial charge in [-0.1, -0.05) is 60.7 Å². The van der Waals surface area contributed by atoms with Crippen molar-refractivity contribution >= 4 is 52.2 Å². The first-order valence-corrected chi connectivity index (χ1v) is 14.7. The summed E-state index contributed by atoms with van der Waals surface area (Å²) in [7, 11) is 3.11. The smallest absolute Gasteiger partial charge is 0.407 e. The Labute approximate surface area is 254 Å². The molecular formula is C32H34N4O6S. The Morgan fingerprint density at radius 3 is 2.42 bits per heavy atom. The lowest BCUT2D eigenvalue weighted by atomic mass is 10.1. The van der Waals surface area contributed by atoms with E-state index in [9.17, 15) is 19.2 Å². The lowest BCUT2D eigenvalue weighted by molar-refractivity contribution is -0.137. The number of benzene rings is 3. The summed E-state index contributed by atoms with van der Waals surface area (Å²) in [6.45, 7) is 0.388. The lowest BCUT2D eigenvalue weighted by Crippen LogP contribution is -2.44. The number of ether oxygens (including phenoxy) is 2. The van der Waals surface area contributed by atoms with Crippen LogP contribution < -0.4 is 16.0 Å². The van der Waals surface area contributed by atoms with Crippen molar-refractivity contribution in [2.24, 2.45) is 7.05 Å². The Bertz CT molecular complexity index is 1570. The molecule has 4 aromatic rings. The molecule has 0 spiro atoms. The summed E-state index contributed by atoms with van der Waals surface area (Å²) in [5.74, 6) is -1.13. The van der Waals surface area contributed by atoms with Crippen LogP contribution in [0.15, 0.2) is 89.8 Å². The molecule has 1 aromatic heterocycles. The number of alkyl carbamates (subject to hydrolysis) is 1. The van der Waals surface area contributed by atoms with Crippen LogP contribution in [0.3, 0.4) is 0 Å². The molecule has 3 N–H and O–H groups in total. The SMILES string of the molecule is COC(=O)CSc1ccccc1NC(=O)[C@H](CCCNC(=O)OCc1ccccc1)NC(=O)c1cc2ccccc2n1C. The van der Waals surface area contributed by atoms with Gasteiger partial charge in [0.05, 0.1) is 18.6 Å². The molecule has 0 unspecified atom stereocenters. The lowest BCUT2D eigenvalue weighted by Gasteiger charge is -2.20. The second-order valence-electron chi connectivity index (χ2n) is 9.65. The van der Waals surface area contributed by atoms with Gasteiger partial charge in [0.2, 0.25) is 5.91 Å². The number of amides is 3. The highest BCUT2D eigenvalue weighted by Crippen LogP contribution is 2.27. The van der Waals surface area contributed by atoms with Crippen molar-refractivity contribution < 1.29 is 28.7 Å². The van der Waals surface area contributed by atoms with Gasteiger partial charge in [-0.15, -0.1) is 11.8 Å². The van der Waals surface area contributed by atoms with Gasteiger partial charge in [0.15, 0.2) is 0 Å². The predicted molar refractivity (Wildman–Crippen MR) is 166 cm³/mol.